The molecule has 0 amide bonds. The molecule has 1 aliphatic heterocycles. The number of oxazole rings is 1. The van der Waals surface area contributed by atoms with Gasteiger partial charge in [0.05, 0.1) is 13.2 Å². The number of rotatable bonds is 6. The summed E-state index contributed by atoms with van der Waals surface area (Å²) in [6.07, 6.45) is 5.15. The lowest BCUT2D eigenvalue weighted by molar-refractivity contribution is -0.0498. The molecule has 2 aromatic heterocycles. The van der Waals surface area contributed by atoms with Gasteiger partial charge in [0.25, 0.3) is 0 Å². The maximum absolute atomic E-state index is 12.5. The number of hydrogen-bond acceptors (Lipinski definition) is 7. The van der Waals surface area contributed by atoms with E-state index in [1.165, 1.54) is 18.5 Å². The minimum absolute atomic E-state index is 0.0888. The fourth-order valence-electron chi connectivity index (χ4n) is 3.62. The number of fused-ring (bicyclic) bond motifs is 2. The lowest BCUT2D eigenvalue weighted by Crippen LogP contribution is -2.25. The normalized spacial score (nSPS) is 13.2. The fourth-order valence-corrected chi connectivity index (χ4v) is 3.62. The summed E-state index contributed by atoms with van der Waals surface area (Å²) in [4.78, 5) is 15.1. The molecule has 0 bridgehead atoms. The van der Waals surface area contributed by atoms with Crippen LogP contribution < -0.4 is 14.4 Å². The van der Waals surface area contributed by atoms with E-state index >= 15 is 0 Å². The average molecular weight is 436 g/mol. The van der Waals surface area contributed by atoms with Crippen molar-refractivity contribution in [2.45, 2.75) is 13.5 Å². The van der Waals surface area contributed by atoms with Crippen LogP contribution in [0.1, 0.15) is 18.1 Å². The van der Waals surface area contributed by atoms with E-state index in [-0.39, 0.29) is 11.8 Å². The highest BCUT2D eigenvalue weighted by molar-refractivity contribution is 5.94. The highest BCUT2D eigenvalue weighted by Crippen LogP contribution is 2.38. The first-order chi connectivity index (χ1) is 15.6. The van der Waals surface area contributed by atoms with Gasteiger partial charge in [-0.3, -0.25) is 0 Å². The van der Waals surface area contributed by atoms with E-state index in [4.69, 9.17) is 9.15 Å². The number of hydrogen-bond donors (Lipinski definition) is 0. The molecule has 0 atom stereocenters. The molecule has 0 spiro atoms. The Morgan fingerprint density at radius 2 is 1.97 bits per heavy atom. The van der Waals surface area contributed by atoms with Gasteiger partial charge in [0.15, 0.2) is 12.0 Å². The molecule has 2 aromatic carbocycles. The van der Waals surface area contributed by atoms with Crippen LogP contribution in [0.4, 0.5) is 20.3 Å². The zero-order chi connectivity index (χ0) is 22.1. The minimum atomic E-state index is -2.88. The summed E-state index contributed by atoms with van der Waals surface area (Å²) in [6.45, 7) is -0.0787. The summed E-state index contributed by atoms with van der Waals surface area (Å²) >= 11 is 0. The van der Waals surface area contributed by atoms with Gasteiger partial charge in [0.1, 0.15) is 17.1 Å². The standard InChI is InChI=1S/C23H18F2N4O3/c1-2-30-23-26-11-15-9-16(14-3-8-20-19(10-14)27-13-31-20)12-29(21(15)28-23)17-4-6-18(7-5-17)32-22(24)25/h3-11,13,22H,2,12H2,1H3. The number of anilines is 2. The molecular formula is C23H18F2N4O3. The first-order valence-electron chi connectivity index (χ1n) is 9.97. The lowest BCUT2D eigenvalue weighted by Gasteiger charge is -2.30. The van der Waals surface area contributed by atoms with E-state index in [2.05, 4.69) is 19.7 Å². The van der Waals surface area contributed by atoms with Crippen molar-refractivity contribution in [1.29, 1.82) is 0 Å². The molecule has 0 saturated heterocycles. The Hall–Kier alpha value is -4.01. The second-order valence-corrected chi connectivity index (χ2v) is 7.03. The smallest absolute Gasteiger partial charge is 0.387 e. The quantitative estimate of drug-likeness (QED) is 0.406. The van der Waals surface area contributed by atoms with Gasteiger partial charge in [-0.2, -0.15) is 13.8 Å². The summed E-state index contributed by atoms with van der Waals surface area (Å²) in [5.41, 5.74) is 5.04. The van der Waals surface area contributed by atoms with Gasteiger partial charge in [-0.05, 0) is 60.5 Å². The molecule has 0 radical (unpaired) electrons. The van der Waals surface area contributed by atoms with Crippen molar-refractivity contribution in [2.24, 2.45) is 0 Å². The van der Waals surface area contributed by atoms with Crippen molar-refractivity contribution in [3.05, 3.63) is 66.2 Å². The second-order valence-electron chi connectivity index (χ2n) is 7.03. The number of nitrogens with zero attached hydrogens (tertiary/aromatic N) is 4. The average Bonchev–Trinajstić information content (AvgIpc) is 3.27. The van der Waals surface area contributed by atoms with Gasteiger partial charge in [-0.25, -0.2) is 9.97 Å². The van der Waals surface area contributed by atoms with Crippen LogP contribution in [0.3, 0.4) is 0 Å². The molecule has 0 unspecified atom stereocenters. The van der Waals surface area contributed by atoms with Gasteiger partial charge < -0.3 is 18.8 Å². The monoisotopic (exact) mass is 436 g/mol. The maximum atomic E-state index is 12.5. The van der Waals surface area contributed by atoms with Crippen LogP contribution in [-0.2, 0) is 0 Å². The molecule has 5 rings (SSSR count). The van der Waals surface area contributed by atoms with Crippen molar-refractivity contribution in [3.63, 3.8) is 0 Å². The lowest BCUT2D eigenvalue weighted by atomic mass is 9.99. The van der Waals surface area contributed by atoms with Crippen molar-refractivity contribution in [1.82, 2.24) is 15.0 Å². The van der Waals surface area contributed by atoms with E-state index in [0.29, 0.717) is 24.6 Å². The van der Waals surface area contributed by atoms with E-state index in [1.807, 2.05) is 36.1 Å². The highest BCUT2D eigenvalue weighted by Gasteiger charge is 2.24. The molecular weight excluding hydrogens is 418 g/mol. The largest absolute Gasteiger partial charge is 0.464 e. The van der Waals surface area contributed by atoms with E-state index in [0.717, 1.165) is 27.9 Å². The Labute approximate surface area is 181 Å². The number of alkyl halides is 2. The first-order valence-corrected chi connectivity index (χ1v) is 9.97. The van der Waals surface area contributed by atoms with Gasteiger partial charge in [-0.15, -0.1) is 0 Å². The van der Waals surface area contributed by atoms with Crippen LogP contribution in [0.15, 0.2) is 59.5 Å². The Morgan fingerprint density at radius 3 is 2.75 bits per heavy atom. The topological polar surface area (TPSA) is 73.5 Å². The van der Waals surface area contributed by atoms with Crippen LogP contribution in [0.2, 0.25) is 0 Å². The Morgan fingerprint density at radius 1 is 1.12 bits per heavy atom. The van der Waals surface area contributed by atoms with Crippen LogP contribution in [-0.4, -0.2) is 34.7 Å². The Kier molecular flexibility index (Phi) is 5.14. The molecule has 7 nitrogen and oxygen atoms in total. The summed E-state index contributed by atoms with van der Waals surface area (Å²) in [6, 6.07) is 12.5. The van der Waals surface area contributed by atoms with Crippen molar-refractivity contribution < 1.29 is 22.7 Å². The summed E-state index contributed by atoms with van der Waals surface area (Å²) in [5, 5.41) is 0. The molecule has 0 saturated carbocycles. The molecule has 3 heterocycles. The molecule has 1 aliphatic rings. The fraction of sp³-hybridized carbons (Fsp3) is 0.174. The molecule has 9 heteroatoms. The predicted octanol–water partition coefficient (Wildman–Crippen LogP) is 5.31. The van der Waals surface area contributed by atoms with Crippen LogP contribution in [0, 0.1) is 0 Å². The first kappa shape index (κ1) is 19.9. The van der Waals surface area contributed by atoms with Crippen molar-refractivity contribution >= 4 is 34.3 Å². The van der Waals surface area contributed by atoms with Crippen LogP contribution in [0.5, 0.6) is 11.8 Å². The maximum Gasteiger partial charge on any atom is 0.387 e. The van der Waals surface area contributed by atoms with E-state index in [1.54, 1.807) is 18.3 Å². The van der Waals surface area contributed by atoms with Gasteiger partial charge >= 0.3 is 12.6 Å². The van der Waals surface area contributed by atoms with Gasteiger partial charge in [0.2, 0.25) is 0 Å². The number of ether oxygens (including phenoxy) is 2. The number of benzene rings is 2. The Bertz CT molecular complexity index is 1290. The number of aromatic nitrogens is 3. The minimum Gasteiger partial charge on any atom is -0.464 e. The van der Waals surface area contributed by atoms with Crippen LogP contribution in [0.25, 0.3) is 22.7 Å². The molecule has 4 aromatic rings. The molecule has 0 aliphatic carbocycles. The third-order valence-corrected chi connectivity index (χ3v) is 5.04. The summed E-state index contributed by atoms with van der Waals surface area (Å²) in [5.74, 6) is 0.753. The van der Waals surface area contributed by atoms with Crippen molar-refractivity contribution in [2.75, 3.05) is 18.1 Å². The molecule has 0 fully saturated rings. The van der Waals surface area contributed by atoms with Gasteiger partial charge in [-0.1, -0.05) is 6.07 Å². The second kappa shape index (κ2) is 8.26. The third-order valence-electron chi connectivity index (χ3n) is 5.04. The highest BCUT2D eigenvalue weighted by atomic mass is 19.3. The molecule has 32 heavy (non-hydrogen) atoms. The number of halogens is 2. The Balaban J connectivity index is 1.56. The third kappa shape index (κ3) is 3.84. The SMILES string of the molecule is CCOc1ncc2c(n1)N(c1ccc(OC(F)F)cc1)CC(c1ccc3ocnc3c1)=C2. The van der Waals surface area contributed by atoms with Crippen LogP contribution >= 0.6 is 0 Å². The zero-order valence-corrected chi connectivity index (χ0v) is 17.0. The predicted molar refractivity (Wildman–Crippen MR) is 115 cm³/mol. The van der Waals surface area contributed by atoms with E-state index < -0.39 is 6.61 Å². The van der Waals surface area contributed by atoms with Crippen molar-refractivity contribution in [3.8, 4) is 11.8 Å². The van der Waals surface area contributed by atoms with E-state index in [9.17, 15) is 8.78 Å². The van der Waals surface area contributed by atoms with Gasteiger partial charge in [0, 0.05) is 17.4 Å². The summed E-state index contributed by atoms with van der Waals surface area (Å²) < 4.78 is 40.4. The summed E-state index contributed by atoms with van der Waals surface area (Å²) in [7, 11) is 0. The molecule has 0 N–H and O–H groups in total. The molecule has 162 valence electrons. The zero-order valence-electron chi connectivity index (χ0n) is 17.0.